The highest BCUT2D eigenvalue weighted by Gasteiger charge is 2.20. The van der Waals surface area contributed by atoms with Crippen molar-refractivity contribution in [3.63, 3.8) is 0 Å². The molecular formula is C19H24O2. The van der Waals surface area contributed by atoms with E-state index in [0.717, 1.165) is 24.8 Å². The molecule has 2 atom stereocenters. The molecule has 0 radical (unpaired) electrons. The van der Waals surface area contributed by atoms with Crippen LogP contribution < -0.4 is 0 Å². The van der Waals surface area contributed by atoms with Crippen LogP contribution in [0.4, 0.5) is 0 Å². The lowest BCUT2D eigenvalue weighted by Crippen LogP contribution is -2.21. The van der Waals surface area contributed by atoms with Crippen molar-refractivity contribution >= 4 is 0 Å². The molecule has 2 aromatic carbocycles. The van der Waals surface area contributed by atoms with Crippen molar-refractivity contribution in [3.05, 3.63) is 71.8 Å². The zero-order valence-corrected chi connectivity index (χ0v) is 12.6. The Bertz CT molecular complexity index is 495. The molecule has 0 saturated carbocycles. The van der Waals surface area contributed by atoms with E-state index in [2.05, 4.69) is 24.3 Å². The van der Waals surface area contributed by atoms with Crippen molar-refractivity contribution < 1.29 is 9.84 Å². The Morgan fingerprint density at radius 1 is 0.952 bits per heavy atom. The Hall–Kier alpha value is -1.64. The Morgan fingerprint density at radius 2 is 1.57 bits per heavy atom. The van der Waals surface area contributed by atoms with Gasteiger partial charge in [-0.25, -0.2) is 0 Å². The largest absolute Gasteiger partial charge is 0.390 e. The number of hydrogen-bond donors (Lipinski definition) is 1. The highest BCUT2D eigenvalue weighted by molar-refractivity contribution is 5.19. The van der Waals surface area contributed by atoms with Crippen molar-refractivity contribution in [1.82, 2.24) is 0 Å². The smallest absolute Gasteiger partial charge is 0.108 e. The third kappa shape index (κ3) is 5.00. The number of rotatable bonds is 8. The topological polar surface area (TPSA) is 29.5 Å². The van der Waals surface area contributed by atoms with Crippen molar-refractivity contribution in [3.8, 4) is 0 Å². The maximum atomic E-state index is 10.4. The fraction of sp³-hybridized carbons (Fsp3) is 0.368. The molecule has 2 nitrogen and oxygen atoms in total. The predicted molar refractivity (Wildman–Crippen MR) is 86.2 cm³/mol. The Labute approximate surface area is 127 Å². The molecule has 2 rings (SSSR count). The highest BCUT2D eigenvalue weighted by atomic mass is 16.5. The summed E-state index contributed by atoms with van der Waals surface area (Å²) in [4.78, 5) is 0. The molecule has 21 heavy (non-hydrogen) atoms. The molecule has 0 aliphatic rings. The summed E-state index contributed by atoms with van der Waals surface area (Å²) in [7, 11) is 0. The average Bonchev–Trinajstić information content (AvgIpc) is 2.54. The van der Waals surface area contributed by atoms with Gasteiger partial charge in [0.15, 0.2) is 0 Å². The molecule has 0 amide bonds. The van der Waals surface area contributed by atoms with Gasteiger partial charge in [0.25, 0.3) is 0 Å². The molecule has 2 heteroatoms. The SMILES string of the molecule is CCOC(c1ccccc1)C(O)CCCc1ccccc1. The quantitative estimate of drug-likeness (QED) is 0.789. The number of aryl methyl sites for hydroxylation is 1. The lowest BCUT2D eigenvalue weighted by molar-refractivity contribution is -0.0383. The Balaban J connectivity index is 1.88. The fourth-order valence-electron chi connectivity index (χ4n) is 2.56. The minimum absolute atomic E-state index is 0.230. The Morgan fingerprint density at radius 3 is 2.19 bits per heavy atom. The van der Waals surface area contributed by atoms with Crippen LogP contribution in [0.1, 0.15) is 37.0 Å². The minimum atomic E-state index is -0.462. The van der Waals surface area contributed by atoms with Crippen LogP contribution in [0.25, 0.3) is 0 Å². The first-order chi connectivity index (χ1) is 10.3. The van der Waals surface area contributed by atoms with E-state index >= 15 is 0 Å². The molecule has 0 fully saturated rings. The first-order valence-electron chi connectivity index (χ1n) is 7.69. The van der Waals surface area contributed by atoms with E-state index in [1.54, 1.807) is 0 Å². The third-order valence-corrected chi connectivity index (χ3v) is 3.63. The highest BCUT2D eigenvalue weighted by Crippen LogP contribution is 2.24. The maximum absolute atomic E-state index is 10.4. The van der Waals surface area contributed by atoms with Crippen LogP contribution in [0.3, 0.4) is 0 Å². The summed E-state index contributed by atoms with van der Waals surface area (Å²) in [6.07, 6.45) is 2.00. The van der Waals surface area contributed by atoms with Crippen molar-refractivity contribution in [1.29, 1.82) is 0 Å². The van der Waals surface area contributed by atoms with Gasteiger partial charge in [0.05, 0.1) is 6.10 Å². The summed E-state index contributed by atoms with van der Waals surface area (Å²) in [5, 5.41) is 10.4. The summed E-state index contributed by atoms with van der Waals surface area (Å²) < 4.78 is 5.74. The van der Waals surface area contributed by atoms with Gasteiger partial charge in [-0.05, 0) is 37.3 Å². The molecule has 0 bridgehead atoms. The number of ether oxygens (including phenoxy) is 1. The summed E-state index contributed by atoms with van der Waals surface area (Å²) in [5.74, 6) is 0. The van der Waals surface area contributed by atoms with E-state index in [1.807, 2.05) is 43.3 Å². The maximum Gasteiger partial charge on any atom is 0.108 e. The normalized spacial score (nSPS) is 13.8. The van der Waals surface area contributed by atoms with E-state index in [1.165, 1.54) is 5.56 Å². The molecule has 2 unspecified atom stereocenters. The van der Waals surface area contributed by atoms with Crippen LogP contribution in [0.5, 0.6) is 0 Å². The van der Waals surface area contributed by atoms with Crippen molar-refractivity contribution in [2.75, 3.05) is 6.61 Å². The van der Waals surface area contributed by atoms with Gasteiger partial charge in [-0.2, -0.15) is 0 Å². The zero-order valence-electron chi connectivity index (χ0n) is 12.6. The van der Waals surface area contributed by atoms with Gasteiger partial charge in [-0.1, -0.05) is 60.7 Å². The minimum Gasteiger partial charge on any atom is -0.390 e. The summed E-state index contributed by atoms with van der Waals surface area (Å²) >= 11 is 0. The van der Waals surface area contributed by atoms with Crippen LogP contribution >= 0.6 is 0 Å². The molecule has 0 aliphatic carbocycles. The average molecular weight is 284 g/mol. The van der Waals surface area contributed by atoms with Gasteiger partial charge in [-0.3, -0.25) is 0 Å². The number of benzene rings is 2. The van der Waals surface area contributed by atoms with E-state index in [4.69, 9.17) is 4.74 Å². The van der Waals surface area contributed by atoms with Crippen LogP contribution in [0.2, 0.25) is 0 Å². The number of aliphatic hydroxyl groups excluding tert-OH is 1. The van der Waals surface area contributed by atoms with E-state index in [0.29, 0.717) is 6.61 Å². The summed E-state index contributed by atoms with van der Waals surface area (Å²) in [6, 6.07) is 20.4. The van der Waals surface area contributed by atoms with Crippen LogP contribution in [-0.4, -0.2) is 17.8 Å². The van der Waals surface area contributed by atoms with Crippen molar-refractivity contribution in [2.45, 2.75) is 38.4 Å². The van der Waals surface area contributed by atoms with Crippen LogP contribution in [-0.2, 0) is 11.2 Å². The molecule has 0 spiro atoms. The standard InChI is InChI=1S/C19H24O2/c1-2-21-19(17-13-7-4-8-14-17)18(20)15-9-12-16-10-5-3-6-11-16/h3-8,10-11,13-14,18-20H,2,9,12,15H2,1H3. The van der Waals surface area contributed by atoms with Gasteiger partial charge in [0.1, 0.15) is 6.10 Å². The van der Waals surface area contributed by atoms with E-state index < -0.39 is 6.10 Å². The number of hydrogen-bond acceptors (Lipinski definition) is 2. The molecule has 2 aromatic rings. The van der Waals surface area contributed by atoms with Gasteiger partial charge in [0.2, 0.25) is 0 Å². The van der Waals surface area contributed by atoms with Gasteiger partial charge in [-0.15, -0.1) is 0 Å². The molecule has 0 heterocycles. The summed E-state index contributed by atoms with van der Waals surface area (Å²) in [5.41, 5.74) is 2.36. The first-order valence-corrected chi connectivity index (χ1v) is 7.69. The zero-order chi connectivity index (χ0) is 14.9. The van der Waals surface area contributed by atoms with Gasteiger partial charge in [0, 0.05) is 6.61 Å². The van der Waals surface area contributed by atoms with E-state index in [-0.39, 0.29) is 6.10 Å². The summed E-state index contributed by atoms with van der Waals surface area (Å²) in [6.45, 7) is 2.57. The van der Waals surface area contributed by atoms with Crippen LogP contribution in [0.15, 0.2) is 60.7 Å². The second-order valence-corrected chi connectivity index (χ2v) is 5.23. The Kier molecular flexibility index (Phi) is 6.45. The molecule has 1 N–H and O–H groups in total. The molecule has 0 aromatic heterocycles. The van der Waals surface area contributed by atoms with Crippen molar-refractivity contribution in [2.24, 2.45) is 0 Å². The van der Waals surface area contributed by atoms with Gasteiger partial charge < -0.3 is 9.84 Å². The molecular weight excluding hydrogens is 260 g/mol. The van der Waals surface area contributed by atoms with E-state index in [9.17, 15) is 5.11 Å². The van der Waals surface area contributed by atoms with Gasteiger partial charge >= 0.3 is 0 Å². The third-order valence-electron chi connectivity index (χ3n) is 3.63. The second-order valence-electron chi connectivity index (χ2n) is 5.23. The monoisotopic (exact) mass is 284 g/mol. The molecule has 112 valence electrons. The number of aliphatic hydroxyl groups is 1. The lowest BCUT2D eigenvalue weighted by Gasteiger charge is -2.23. The predicted octanol–water partition coefficient (Wildman–Crippen LogP) is 4.15. The molecule has 0 saturated heterocycles. The lowest BCUT2D eigenvalue weighted by atomic mass is 9.98. The molecule has 0 aliphatic heterocycles. The first kappa shape index (κ1) is 15.7. The fourth-order valence-corrected chi connectivity index (χ4v) is 2.56. The second kappa shape index (κ2) is 8.60. The van der Waals surface area contributed by atoms with Crippen LogP contribution in [0, 0.1) is 0 Å².